The summed E-state index contributed by atoms with van der Waals surface area (Å²) in [5.41, 5.74) is 7.30. The van der Waals surface area contributed by atoms with Crippen molar-refractivity contribution in [1.82, 2.24) is 4.90 Å². The van der Waals surface area contributed by atoms with Crippen molar-refractivity contribution in [3.63, 3.8) is 0 Å². The first kappa shape index (κ1) is 12.7. The standard InChI is InChI=1S/C15H12N2O2S/c1-17-14(18)12-7-6-11(8-13(12)15(17)19)20-10-4-2-9(16)3-5-10/h2-8H,16H2,1H3. The van der Waals surface area contributed by atoms with Gasteiger partial charge in [0.05, 0.1) is 11.1 Å². The van der Waals surface area contributed by atoms with E-state index in [0.717, 1.165) is 14.7 Å². The summed E-state index contributed by atoms with van der Waals surface area (Å²) in [5.74, 6) is -0.487. The number of benzene rings is 2. The number of hydrogen-bond donors (Lipinski definition) is 1. The monoisotopic (exact) mass is 284 g/mol. The van der Waals surface area contributed by atoms with E-state index in [1.54, 1.807) is 12.1 Å². The molecule has 2 N–H and O–H groups in total. The van der Waals surface area contributed by atoms with Crippen molar-refractivity contribution in [2.75, 3.05) is 12.8 Å². The number of fused-ring (bicyclic) bond motifs is 1. The van der Waals surface area contributed by atoms with Crippen LogP contribution in [0.1, 0.15) is 20.7 Å². The Kier molecular flexibility index (Phi) is 2.99. The molecule has 0 fully saturated rings. The fourth-order valence-electron chi connectivity index (χ4n) is 2.08. The number of anilines is 1. The van der Waals surface area contributed by atoms with Gasteiger partial charge in [0.2, 0.25) is 0 Å². The zero-order chi connectivity index (χ0) is 14.3. The summed E-state index contributed by atoms with van der Waals surface area (Å²) in [6.45, 7) is 0. The maximum absolute atomic E-state index is 11.9. The van der Waals surface area contributed by atoms with Crippen molar-refractivity contribution < 1.29 is 9.59 Å². The number of amides is 2. The number of nitrogens with zero attached hydrogens (tertiary/aromatic N) is 1. The molecule has 1 heterocycles. The van der Waals surface area contributed by atoms with Crippen LogP contribution in [0.2, 0.25) is 0 Å². The summed E-state index contributed by atoms with van der Waals surface area (Å²) < 4.78 is 0. The Morgan fingerprint density at radius 2 is 1.50 bits per heavy atom. The molecule has 2 aromatic rings. The number of hydrogen-bond acceptors (Lipinski definition) is 4. The van der Waals surface area contributed by atoms with Gasteiger partial charge in [-0.3, -0.25) is 14.5 Å². The third-order valence-electron chi connectivity index (χ3n) is 3.18. The molecule has 0 aliphatic carbocycles. The van der Waals surface area contributed by atoms with Crippen molar-refractivity contribution in [2.24, 2.45) is 0 Å². The summed E-state index contributed by atoms with van der Waals surface area (Å²) in [7, 11) is 1.50. The zero-order valence-corrected chi connectivity index (χ0v) is 11.6. The molecule has 0 saturated carbocycles. The minimum Gasteiger partial charge on any atom is -0.399 e. The van der Waals surface area contributed by atoms with Gasteiger partial charge in [-0.25, -0.2) is 0 Å². The normalized spacial score (nSPS) is 13.8. The van der Waals surface area contributed by atoms with Gasteiger partial charge in [0.15, 0.2) is 0 Å². The van der Waals surface area contributed by atoms with E-state index in [4.69, 9.17) is 5.73 Å². The molecular weight excluding hydrogens is 272 g/mol. The number of imide groups is 1. The molecule has 20 heavy (non-hydrogen) atoms. The van der Waals surface area contributed by atoms with Crippen LogP contribution in [-0.4, -0.2) is 23.8 Å². The highest BCUT2D eigenvalue weighted by molar-refractivity contribution is 7.99. The number of nitrogen functional groups attached to an aromatic ring is 1. The molecule has 1 aliphatic rings. The van der Waals surface area contributed by atoms with Crippen LogP contribution in [0.15, 0.2) is 52.3 Å². The lowest BCUT2D eigenvalue weighted by Crippen LogP contribution is -2.24. The average Bonchev–Trinajstić information content (AvgIpc) is 2.66. The molecule has 2 aromatic carbocycles. The van der Waals surface area contributed by atoms with Crippen molar-refractivity contribution in [2.45, 2.75) is 9.79 Å². The fraction of sp³-hybridized carbons (Fsp3) is 0.0667. The Morgan fingerprint density at radius 1 is 0.900 bits per heavy atom. The van der Waals surface area contributed by atoms with Gasteiger partial charge in [0.25, 0.3) is 11.8 Å². The van der Waals surface area contributed by atoms with Gasteiger partial charge in [-0.2, -0.15) is 0 Å². The molecular formula is C15H12N2O2S. The lowest BCUT2D eigenvalue weighted by molar-refractivity contribution is 0.0693. The van der Waals surface area contributed by atoms with Crippen LogP contribution in [0.25, 0.3) is 0 Å². The van der Waals surface area contributed by atoms with Crippen LogP contribution in [0.3, 0.4) is 0 Å². The summed E-state index contributed by atoms with van der Waals surface area (Å²) in [5, 5.41) is 0. The molecule has 5 heteroatoms. The Hall–Kier alpha value is -2.27. The van der Waals surface area contributed by atoms with E-state index in [9.17, 15) is 9.59 Å². The second-order valence-electron chi connectivity index (χ2n) is 4.55. The highest BCUT2D eigenvalue weighted by Gasteiger charge is 2.32. The Labute approximate surface area is 120 Å². The zero-order valence-electron chi connectivity index (χ0n) is 10.8. The highest BCUT2D eigenvalue weighted by Crippen LogP contribution is 2.32. The Balaban J connectivity index is 1.92. The molecule has 2 amide bonds. The number of carbonyl (C=O) groups is 2. The predicted molar refractivity (Wildman–Crippen MR) is 77.8 cm³/mol. The van der Waals surface area contributed by atoms with Gasteiger partial charge < -0.3 is 5.73 Å². The van der Waals surface area contributed by atoms with Gasteiger partial charge in [-0.05, 0) is 42.5 Å². The van der Waals surface area contributed by atoms with E-state index >= 15 is 0 Å². The summed E-state index contributed by atoms with van der Waals surface area (Å²) in [6.07, 6.45) is 0. The van der Waals surface area contributed by atoms with Crippen molar-refractivity contribution >= 4 is 29.3 Å². The lowest BCUT2D eigenvalue weighted by Gasteiger charge is -2.04. The first-order chi connectivity index (χ1) is 9.56. The molecule has 0 aromatic heterocycles. The SMILES string of the molecule is CN1C(=O)c2ccc(Sc3ccc(N)cc3)cc2C1=O. The summed E-state index contributed by atoms with van der Waals surface area (Å²) in [4.78, 5) is 26.8. The largest absolute Gasteiger partial charge is 0.399 e. The molecule has 4 nitrogen and oxygen atoms in total. The molecule has 0 bridgehead atoms. The van der Waals surface area contributed by atoms with Gasteiger partial charge in [-0.1, -0.05) is 11.8 Å². The van der Waals surface area contributed by atoms with Crippen LogP contribution in [0.4, 0.5) is 5.69 Å². The molecule has 1 aliphatic heterocycles. The third kappa shape index (κ3) is 2.06. The number of rotatable bonds is 2. The maximum Gasteiger partial charge on any atom is 0.261 e. The van der Waals surface area contributed by atoms with E-state index in [1.165, 1.54) is 18.8 Å². The molecule has 0 spiro atoms. The Bertz CT molecular complexity index is 710. The van der Waals surface area contributed by atoms with Crippen molar-refractivity contribution in [1.29, 1.82) is 0 Å². The van der Waals surface area contributed by atoms with E-state index in [-0.39, 0.29) is 11.8 Å². The topological polar surface area (TPSA) is 63.4 Å². The fourth-order valence-corrected chi connectivity index (χ4v) is 2.93. The van der Waals surface area contributed by atoms with Crippen LogP contribution in [0.5, 0.6) is 0 Å². The van der Waals surface area contributed by atoms with E-state index in [2.05, 4.69) is 0 Å². The first-order valence-electron chi connectivity index (χ1n) is 6.06. The second-order valence-corrected chi connectivity index (χ2v) is 5.69. The Morgan fingerprint density at radius 3 is 2.20 bits per heavy atom. The van der Waals surface area contributed by atoms with Crippen molar-refractivity contribution in [3.05, 3.63) is 53.6 Å². The van der Waals surface area contributed by atoms with E-state index < -0.39 is 0 Å². The van der Waals surface area contributed by atoms with E-state index in [1.807, 2.05) is 30.3 Å². The maximum atomic E-state index is 11.9. The quantitative estimate of drug-likeness (QED) is 0.680. The van der Waals surface area contributed by atoms with Gasteiger partial charge in [0, 0.05) is 22.5 Å². The van der Waals surface area contributed by atoms with Gasteiger partial charge >= 0.3 is 0 Å². The third-order valence-corrected chi connectivity index (χ3v) is 4.17. The number of carbonyl (C=O) groups excluding carboxylic acids is 2. The first-order valence-corrected chi connectivity index (χ1v) is 6.88. The van der Waals surface area contributed by atoms with Crippen molar-refractivity contribution in [3.8, 4) is 0 Å². The van der Waals surface area contributed by atoms with Crippen LogP contribution in [0, 0.1) is 0 Å². The van der Waals surface area contributed by atoms with Crippen LogP contribution in [-0.2, 0) is 0 Å². The highest BCUT2D eigenvalue weighted by atomic mass is 32.2. The summed E-state index contributed by atoms with van der Waals surface area (Å²) >= 11 is 1.53. The minimum absolute atomic E-state index is 0.242. The smallest absolute Gasteiger partial charge is 0.261 e. The molecule has 0 unspecified atom stereocenters. The average molecular weight is 284 g/mol. The van der Waals surface area contributed by atoms with E-state index in [0.29, 0.717) is 16.8 Å². The second kappa shape index (κ2) is 4.68. The molecule has 0 radical (unpaired) electrons. The molecule has 100 valence electrons. The molecule has 0 atom stereocenters. The van der Waals surface area contributed by atoms with Gasteiger partial charge in [-0.15, -0.1) is 0 Å². The van der Waals surface area contributed by atoms with Gasteiger partial charge in [0.1, 0.15) is 0 Å². The van der Waals surface area contributed by atoms with Crippen LogP contribution >= 0.6 is 11.8 Å². The predicted octanol–water partition coefficient (Wildman–Crippen LogP) is 2.65. The summed E-state index contributed by atoms with van der Waals surface area (Å²) in [6, 6.07) is 12.8. The van der Waals surface area contributed by atoms with Crippen LogP contribution < -0.4 is 5.73 Å². The number of nitrogens with two attached hydrogens (primary N) is 1. The molecule has 3 rings (SSSR count). The minimum atomic E-state index is -0.246. The lowest BCUT2D eigenvalue weighted by atomic mass is 10.1. The molecule has 0 saturated heterocycles.